The SMILES string of the molecule is O=C(Cc1ccc(Br)c2ccccc12)NN=Cc1cc(N=Nc2ccc([N+](=O)[O-])cc2)ccc1O. The summed E-state index contributed by atoms with van der Waals surface area (Å²) in [6, 6.07) is 21.8. The Bertz CT molecular complexity index is 1470. The van der Waals surface area contributed by atoms with Crippen LogP contribution < -0.4 is 5.43 Å². The summed E-state index contributed by atoms with van der Waals surface area (Å²) >= 11 is 3.52. The standard InChI is InChI=1S/C25H18BrN5O4/c26-23-11-5-16(21-3-1-2-4-22(21)23)14-25(33)30-27-15-17-13-19(8-12-24(17)32)29-28-18-6-9-20(10-7-18)31(34)35/h1-13,15,32H,14H2,(H,30,33). The molecule has 2 N–H and O–H groups in total. The van der Waals surface area contributed by atoms with Gasteiger partial charge in [-0.05, 0) is 52.7 Å². The molecule has 0 saturated heterocycles. The quantitative estimate of drug-likeness (QED) is 0.125. The molecule has 4 rings (SSSR count). The maximum absolute atomic E-state index is 12.4. The number of carbonyl (C=O) groups excluding carboxylic acids is 1. The highest BCUT2D eigenvalue weighted by atomic mass is 79.9. The van der Waals surface area contributed by atoms with E-state index in [-0.39, 0.29) is 23.8 Å². The van der Waals surface area contributed by atoms with Crippen LogP contribution in [-0.2, 0) is 11.2 Å². The van der Waals surface area contributed by atoms with E-state index in [9.17, 15) is 20.0 Å². The van der Waals surface area contributed by atoms with Gasteiger partial charge < -0.3 is 5.11 Å². The largest absolute Gasteiger partial charge is 0.507 e. The molecule has 0 aliphatic carbocycles. The highest BCUT2D eigenvalue weighted by Crippen LogP contribution is 2.27. The Balaban J connectivity index is 1.42. The van der Waals surface area contributed by atoms with Gasteiger partial charge in [0.2, 0.25) is 5.91 Å². The first-order valence-electron chi connectivity index (χ1n) is 10.4. The predicted octanol–water partition coefficient (Wildman–Crippen LogP) is 6.32. The van der Waals surface area contributed by atoms with E-state index in [2.05, 4.69) is 36.7 Å². The lowest BCUT2D eigenvalue weighted by atomic mass is 10.0. The molecule has 0 spiro atoms. The fourth-order valence-corrected chi connectivity index (χ4v) is 3.81. The van der Waals surface area contributed by atoms with Gasteiger partial charge in [0.1, 0.15) is 5.75 Å². The number of nitrogens with one attached hydrogen (secondary N) is 1. The Morgan fingerprint density at radius 1 is 0.971 bits per heavy atom. The second-order valence-electron chi connectivity index (χ2n) is 7.44. The van der Waals surface area contributed by atoms with Gasteiger partial charge in [-0.1, -0.05) is 46.3 Å². The number of aromatic hydroxyl groups is 1. The molecule has 0 aliphatic rings. The minimum atomic E-state index is -0.494. The van der Waals surface area contributed by atoms with Gasteiger partial charge in [-0.2, -0.15) is 15.3 Å². The van der Waals surface area contributed by atoms with Crippen molar-refractivity contribution in [3.05, 3.63) is 105 Å². The van der Waals surface area contributed by atoms with Gasteiger partial charge in [0.25, 0.3) is 5.69 Å². The molecule has 1 amide bonds. The van der Waals surface area contributed by atoms with Gasteiger partial charge in [0.05, 0.1) is 28.9 Å². The van der Waals surface area contributed by atoms with E-state index in [1.165, 1.54) is 36.5 Å². The van der Waals surface area contributed by atoms with Gasteiger partial charge in [-0.25, -0.2) is 5.43 Å². The zero-order valence-electron chi connectivity index (χ0n) is 18.1. The second-order valence-corrected chi connectivity index (χ2v) is 8.29. The van der Waals surface area contributed by atoms with Crippen LogP contribution in [0.5, 0.6) is 5.75 Å². The lowest BCUT2D eigenvalue weighted by molar-refractivity contribution is -0.384. The number of non-ortho nitro benzene ring substituents is 1. The summed E-state index contributed by atoms with van der Waals surface area (Å²) in [5.41, 5.74) is 4.50. The molecule has 0 atom stereocenters. The number of phenolic OH excluding ortho intramolecular Hbond substituents is 1. The van der Waals surface area contributed by atoms with Crippen LogP contribution in [0.15, 0.2) is 98.7 Å². The third-order valence-electron chi connectivity index (χ3n) is 5.06. The zero-order chi connectivity index (χ0) is 24.8. The number of hydrogen-bond acceptors (Lipinski definition) is 7. The van der Waals surface area contributed by atoms with Crippen LogP contribution in [0.25, 0.3) is 10.8 Å². The molecule has 35 heavy (non-hydrogen) atoms. The number of hydrogen-bond donors (Lipinski definition) is 2. The first kappa shape index (κ1) is 23.7. The molecule has 0 aromatic heterocycles. The van der Waals surface area contributed by atoms with E-state index >= 15 is 0 Å². The Kier molecular flexibility index (Phi) is 7.22. The number of halogens is 1. The topological polar surface area (TPSA) is 130 Å². The molecule has 0 unspecified atom stereocenters. The number of nitro groups is 1. The number of fused-ring (bicyclic) bond motifs is 1. The molecule has 0 radical (unpaired) electrons. The van der Waals surface area contributed by atoms with E-state index in [0.29, 0.717) is 16.9 Å². The highest BCUT2D eigenvalue weighted by molar-refractivity contribution is 9.10. The number of rotatable bonds is 7. The van der Waals surface area contributed by atoms with Crippen molar-refractivity contribution >= 4 is 55.9 Å². The van der Waals surface area contributed by atoms with E-state index in [1.54, 1.807) is 12.1 Å². The van der Waals surface area contributed by atoms with Crippen molar-refractivity contribution < 1.29 is 14.8 Å². The minimum absolute atomic E-state index is 0.0394. The van der Waals surface area contributed by atoms with Crippen molar-refractivity contribution in [2.75, 3.05) is 0 Å². The Hall–Kier alpha value is -4.44. The van der Waals surface area contributed by atoms with Crippen LogP contribution in [0.4, 0.5) is 17.1 Å². The molecule has 0 saturated carbocycles. The summed E-state index contributed by atoms with van der Waals surface area (Å²) in [5, 5.41) is 34.9. The second kappa shape index (κ2) is 10.7. The normalized spacial score (nSPS) is 11.3. The zero-order valence-corrected chi connectivity index (χ0v) is 19.7. The molecule has 0 bridgehead atoms. The predicted molar refractivity (Wildman–Crippen MR) is 136 cm³/mol. The third kappa shape index (κ3) is 5.92. The molecule has 0 aliphatic heterocycles. The van der Waals surface area contributed by atoms with Crippen molar-refractivity contribution in [2.24, 2.45) is 15.3 Å². The molecule has 4 aromatic rings. The summed E-state index contributed by atoms with van der Waals surface area (Å²) in [5.74, 6) is -0.349. The monoisotopic (exact) mass is 531 g/mol. The van der Waals surface area contributed by atoms with Crippen LogP contribution >= 0.6 is 15.9 Å². The van der Waals surface area contributed by atoms with Crippen LogP contribution in [0.2, 0.25) is 0 Å². The number of benzene rings is 4. The van der Waals surface area contributed by atoms with Gasteiger partial charge in [0.15, 0.2) is 0 Å². The summed E-state index contributed by atoms with van der Waals surface area (Å²) < 4.78 is 0.955. The number of nitrogens with zero attached hydrogens (tertiary/aromatic N) is 4. The smallest absolute Gasteiger partial charge is 0.269 e. The average Bonchev–Trinajstić information content (AvgIpc) is 2.86. The summed E-state index contributed by atoms with van der Waals surface area (Å²) in [4.78, 5) is 22.7. The molecule has 0 fully saturated rings. The van der Waals surface area contributed by atoms with Crippen molar-refractivity contribution in [3.8, 4) is 5.75 Å². The molecule has 10 heteroatoms. The number of amides is 1. The highest BCUT2D eigenvalue weighted by Gasteiger charge is 2.09. The average molecular weight is 532 g/mol. The van der Waals surface area contributed by atoms with Crippen molar-refractivity contribution in [1.29, 1.82) is 0 Å². The summed E-state index contributed by atoms with van der Waals surface area (Å²) in [6.07, 6.45) is 1.46. The fraction of sp³-hybridized carbons (Fsp3) is 0.0400. The van der Waals surface area contributed by atoms with Crippen molar-refractivity contribution in [1.82, 2.24) is 5.43 Å². The van der Waals surface area contributed by atoms with Gasteiger partial charge >= 0.3 is 0 Å². The van der Waals surface area contributed by atoms with Gasteiger partial charge in [0, 0.05) is 22.2 Å². The number of nitro benzene ring substituents is 1. The maximum Gasteiger partial charge on any atom is 0.269 e. The van der Waals surface area contributed by atoms with E-state index in [4.69, 9.17) is 0 Å². The first-order chi connectivity index (χ1) is 16.9. The molecule has 174 valence electrons. The number of hydrazone groups is 1. The first-order valence-corrected chi connectivity index (χ1v) is 11.2. The van der Waals surface area contributed by atoms with Crippen LogP contribution in [0.1, 0.15) is 11.1 Å². The fourth-order valence-electron chi connectivity index (χ4n) is 3.33. The Labute approximate surface area is 208 Å². The van der Waals surface area contributed by atoms with Crippen LogP contribution in [-0.4, -0.2) is 22.2 Å². The summed E-state index contributed by atoms with van der Waals surface area (Å²) in [6.45, 7) is 0. The molecular formula is C25H18BrN5O4. The van der Waals surface area contributed by atoms with Crippen LogP contribution in [0, 0.1) is 10.1 Å². The van der Waals surface area contributed by atoms with E-state index < -0.39 is 4.92 Å². The minimum Gasteiger partial charge on any atom is -0.507 e. The maximum atomic E-state index is 12.4. The van der Waals surface area contributed by atoms with Gasteiger partial charge in [-0.3, -0.25) is 14.9 Å². The van der Waals surface area contributed by atoms with Crippen molar-refractivity contribution in [3.63, 3.8) is 0 Å². The lowest BCUT2D eigenvalue weighted by Crippen LogP contribution is -2.19. The summed E-state index contributed by atoms with van der Waals surface area (Å²) in [7, 11) is 0. The third-order valence-corrected chi connectivity index (χ3v) is 5.75. The molecule has 4 aromatic carbocycles. The van der Waals surface area contributed by atoms with E-state index in [0.717, 1.165) is 20.8 Å². The number of carbonyl (C=O) groups is 1. The van der Waals surface area contributed by atoms with E-state index in [1.807, 2.05) is 36.4 Å². The Morgan fingerprint density at radius 2 is 1.66 bits per heavy atom. The molecule has 0 heterocycles. The van der Waals surface area contributed by atoms with Crippen LogP contribution in [0.3, 0.4) is 0 Å². The number of azo groups is 1. The van der Waals surface area contributed by atoms with Crippen molar-refractivity contribution in [2.45, 2.75) is 6.42 Å². The van der Waals surface area contributed by atoms with Gasteiger partial charge in [-0.15, -0.1) is 0 Å². The lowest BCUT2D eigenvalue weighted by Gasteiger charge is -2.07. The number of phenols is 1. The molecular weight excluding hydrogens is 514 g/mol. The molecule has 9 nitrogen and oxygen atoms in total. The Morgan fingerprint density at radius 3 is 2.40 bits per heavy atom.